The molecule has 3 aromatic heterocycles. The number of hydrogen-bond acceptors (Lipinski definition) is 5. The maximum Gasteiger partial charge on any atom is 0.163 e. The molecule has 1 aromatic carbocycles. The summed E-state index contributed by atoms with van der Waals surface area (Å²) in [6.45, 7) is 4.49. The normalized spacial score (nSPS) is 20.7. The second-order valence-corrected chi connectivity index (χ2v) is 8.72. The Bertz CT molecular complexity index is 1260. The van der Waals surface area contributed by atoms with Crippen molar-refractivity contribution < 1.29 is 4.74 Å². The van der Waals surface area contributed by atoms with Gasteiger partial charge in [-0.05, 0) is 55.7 Å². The fourth-order valence-electron chi connectivity index (χ4n) is 4.76. The van der Waals surface area contributed by atoms with E-state index in [9.17, 15) is 0 Å². The molecule has 7 heteroatoms. The third kappa shape index (κ3) is 3.53. The van der Waals surface area contributed by atoms with Crippen LogP contribution >= 0.6 is 11.6 Å². The molecule has 1 saturated heterocycles. The summed E-state index contributed by atoms with van der Waals surface area (Å²) in [5.41, 5.74) is 5.77. The minimum Gasteiger partial charge on any atom is -0.495 e. The van der Waals surface area contributed by atoms with Crippen LogP contribution < -0.4 is 10.1 Å². The highest BCUT2D eigenvalue weighted by Crippen LogP contribution is 2.39. The molecule has 1 aliphatic heterocycles. The second kappa shape index (κ2) is 8.52. The summed E-state index contributed by atoms with van der Waals surface area (Å²) < 4.78 is 7.51. The molecule has 1 fully saturated rings. The van der Waals surface area contributed by atoms with Crippen LogP contribution in [0.15, 0.2) is 55.0 Å². The van der Waals surface area contributed by atoms with Crippen LogP contribution in [-0.2, 0) is 0 Å². The molecule has 1 aliphatic rings. The van der Waals surface area contributed by atoms with Crippen molar-refractivity contribution in [3.8, 4) is 28.1 Å². The van der Waals surface area contributed by atoms with E-state index in [1.165, 1.54) is 5.69 Å². The molecule has 4 aromatic rings. The first kappa shape index (κ1) is 20.9. The largest absolute Gasteiger partial charge is 0.495 e. The average Bonchev–Trinajstić information content (AvgIpc) is 3.40. The van der Waals surface area contributed by atoms with E-state index in [0.717, 1.165) is 40.9 Å². The maximum absolute atomic E-state index is 6.31. The van der Waals surface area contributed by atoms with E-state index in [4.69, 9.17) is 26.4 Å². The number of rotatable bonds is 5. The van der Waals surface area contributed by atoms with Gasteiger partial charge in [0.1, 0.15) is 11.4 Å². The van der Waals surface area contributed by atoms with E-state index < -0.39 is 0 Å². The van der Waals surface area contributed by atoms with Crippen molar-refractivity contribution in [2.45, 2.75) is 44.7 Å². The second-order valence-electron chi connectivity index (χ2n) is 8.32. The van der Waals surface area contributed by atoms with E-state index >= 15 is 0 Å². The van der Waals surface area contributed by atoms with Gasteiger partial charge in [-0.15, -0.1) is 0 Å². The van der Waals surface area contributed by atoms with E-state index in [1.54, 1.807) is 19.5 Å². The zero-order chi connectivity index (χ0) is 22.2. The first-order chi connectivity index (χ1) is 15.6. The van der Waals surface area contributed by atoms with Crippen LogP contribution in [0, 0.1) is 0 Å². The summed E-state index contributed by atoms with van der Waals surface area (Å²) in [5, 5.41) is 9.39. The minimum atomic E-state index is 0.364. The van der Waals surface area contributed by atoms with Crippen LogP contribution in [-0.4, -0.2) is 38.8 Å². The quantitative estimate of drug-likeness (QED) is 0.446. The van der Waals surface area contributed by atoms with Gasteiger partial charge in [0, 0.05) is 42.2 Å². The van der Waals surface area contributed by atoms with E-state index in [0.29, 0.717) is 28.8 Å². The van der Waals surface area contributed by atoms with E-state index in [1.807, 2.05) is 41.0 Å². The van der Waals surface area contributed by atoms with Crippen LogP contribution in [0.3, 0.4) is 0 Å². The van der Waals surface area contributed by atoms with Gasteiger partial charge in [-0.3, -0.25) is 4.98 Å². The number of aromatic nitrogens is 4. The lowest BCUT2D eigenvalue weighted by atomic mass is 9.95. The summed E-state index contributed by atoms with van der Waals surface area (Å²) in [6, 6.07) is 12.7. The highest BCUT2D eigenvalue weighted by Gasteiger charge is 2.33. The molecule has 4 heterocycles. The van der Waals surface area contributed by atoms with Crippen LogP contribution in [0.2, 0.25) is 5.02 Å². The molecule has 0 saturated carbocycles. The van der Waals surface area contributed by atoms with Gasteiger partial charge < -0.3 is 10.1 Å². The van der Waals surface area contributed by atoms with Gasteiger partial charge >= 0.3 is 0 Å². The highest BCUT2D eigenvalue weighted by molar-refractivity contribution is 6.32. The van der Waals surface area contributed by atoms with Crippen LogP contribution in [0.4, 0.5) is 0 Å². The van der Waals surface area contributed by atoms with Crippen LogP contribution in [0.25, 0.3) is 28.0 Å². The lowest BCUT2D eigenvalue weighted by Crippen LogP contribution is -2.28. The molecular formula is C25H26ClN5O. The van der Waals surface area contributed by atoms with Gasteiger partial charge in [0.2, 0.25) is 0 Å². The standard InChI is InChI=1S/C25H26ClN5O/c1-4-18-14-19(15(2)29-18)21-9-12-28-25-23(17-5-6-20(26)22(13-17)32-3)24(30-31(21)25)16-7-10-27-11-8-16/h5-13,15,18-19,29H,4,14H2,1-3H3. The van der Waals surface area contributed by atoms with Gasteiger partial charge in [0.25, 0.3) is 0 Å². The third-order valence-electron chi connectivity index (χ3n) is 6.45. The number of halogens is 1. The molecule has 0 aliphatic carbocycles. The number of hydrogen-bond donors (Lipinski definition) is 1. The highest BCUT2D eigenvalue weighted by atomic mass is 35.5. The van der Waals surface area contributed by atoms with Crippen molar-refractivity contribution in [2.75, 3.05) is 7.11 Å². The van der Waals surface area contributed by atoms with Crippen LogP contribution in [0.5, 0.6) is 5.75 Å². The first-order valence-electron chi connectivity index (χ1n) is 11.0. The molecule has 0 radical (unpaired) electrons. The van der Waals surface area contributed by atoms with Crippen molar-refractivity contribution in [1.82, 2.24) is 24.9 Å². The number of ether oxygens (including phenoxy) is 1. The molecule has 0 bridgehead atoms. The van der Waals surface area contributed by atoms with Gasteiger partial charge in [-0.2, -0.15) is 5.10 Å². The summed E-state index contributed by atoms with van der Waals surface area (Å²) in [4.78, 5) is 8.95. The molecule has 32 heavy (non-hydrogen) atoms. The Labute approximate surface area is 192 Å². The molecule has 5 rings (SSSR count). The fraction of sp³-hybridized carbons (Fsp3) is 0.320. The molecular weight excluding hydrogens is 422 g/mol. The van der Waals surface area contributed by atoms with E-state index in [-0.39, 0.29) is 0 Å². The summed E-state index contributed by atoms with van der Waals surface area (Å²) in [5.74, 6) is 0.989. The molecule has 0 spiro atoms. The predicted molar refractivity (Wildman–Crippen MR) is 127 cm³/mol. The Morgan fingerprint density at radius 2 is 1.94 bits per heavy atom. The molecule has 0 amide bonds. The molecule has 3 unspecified atom stereocenters. The van der Waals surface area contributed by atoms with Gasteiger partial charge in [-0.1, -0.05) is 24.6 Å². The molecule has 1 N–H and O–H groups in total. The lowest BCUT2D eigenvalue weighted by molar-refractivity contribution is 0.415. The Hall–Kier alpha value is -2.96. The van der Waals surface area contributed by atoms with Gasteiger partial charge in [-0.25, -0.2) is 9.50 Å². The predicted octanol–water partition coefficient (Wildman–Crippen LogP) is 5.36. The Morgan fingerprint density at radius 1 is 1.12 bits per heavy atom. The number of nitrogens with one attached hydrogen (secondary N) is 1. The SMILES string of the molecule is CCC1CC(c2ccnc3c(-c4ccc(Cl)c(OC)c4)c(-c4ccncc4)nn23)C(C)N1. The number of benzene rings is 1. The summed E-state index contributed by atoms with van der Waals surface area (Å²) in [7, 11) is 1.62. The van der Waals surface area contributed by atoms with Gasteiger partial charge in [0.15, 0.2) is 5.65 Å². The van der Waals surface area contributed by atoms with Crippen molar-refractivity contribution in [2.24, 2.45) is 0 Å². The van der Waals surface area contributed by atoms with Crippen molar-refractivity contribution in [1.29, 1.82) is 0 Å². The maximum atomic E-state index is 6.31. The number of methoxy groups -OCH3 is 1. The topological polar surface area (TPSA) is 64.3 Å². The number of pyridine rings is 1. The van der Waals surface area contributed by atoms with Gasteiger partial charge in [0.05, 0.1) is 23.4 Å². The van der Waals surface area contributed by atoms with E-state index in [2.05, 4.69) is 30.2 Å². The smallest absolute Gasteiger partial charge is 0.163 e. The van der Waals surface area contributed by atoms with Crippen molar-refractivity contribution in [3.63, 3.8) is 0 Å². The Balaban J connectivity index is 1.75. The zero-order valence-electron chi connectivity index (χ0n) is 18.4. The van der Waals surface area contributed by atoms with Crippen molar-refractivity contribution >= 4 is 17.2 Å². The summed E-state index contributed by atoms with van der Waals surface area (Å²) >= 11 is 6.31. The van der Waals surface area contributed by atoms with Crippen molar-refractivity contribution in [3.05, 3.63) is 65.7 Å². The monoisotopic (exact) mass is 447 g/mol. The lowest BCUT2D eigenvalue weighted by Gasteiger charge is -2.16. The fourth-order valence-corrected chi connectivity index (χ4v) is 4.96. The molecule has 6 nitrogen and oxygen atoms in total. The number of fused-ring (bicyclic) bond motifs is 1. The first-order valence-corrected chi connectivity index (χ1v) is 11.4. The Kier molecular flexibility index (Phi) is 5.57. The number of nitrogens with zero attached hydrogens (tertiary/aromatic N) is 4. The molecule has 164 valence electrons. The average molecular weight is 448 g/mol. The third-order valence-corrected chi connectivity index (χ3v) is 6.77. The summed E-state index contributed by atoms with van der Waals surface area (Å²) in [6.07, 6.45) is 7.67. The Morgan fingerprint density at radius 3 is 2.66 bits per heavy atom. The zero-order valence-corrected chi connectivity index (χ0v) is 19.2. The minimum absolute atomic E-state index is 0.364. The van der Waals surface area contributed by atoms with Crippen LogP contribution in [0.1, 0.15) is 38.3 Å². The molecule has 3 atom stereocenters.